The minimum Gasteiger partial charge on any atom is -0.244 e. The summed E-state index contributed by atoms with van der Waals surface area (Å²) in [6.45, 7) is 0. The summed E-state index contributed by atoms with van der Waals surface area (Å²) in [7, 11) is 0. The van der Waals surface area contributed by atoms with Gasteiger partial charge in [-0.1, -0.05) is 0 Å². The van der Waals surface area contributed by atoms with Gasteiger partial charge in [-0.05, 0) is 28.6 Å². The van der Waals surface area contributed by atoms with E-state index in [-0.39, 0.29) is 0 Å². The van der Waals surface area contributed by atoms with Crippen LogP contribution in [0.1, 0.15) is 5.56 Å². The van der Waals surface area contributed by atoms with E-state index in [0.29, 0.717) is 22.9 Å². The van der Waals surface area contributed by atoms with Gasteiger partial charge in [0, 0.05) is 0 Å². The molecular weight excluding hydrogens is 244 g/mol. The topological polar surface area (TPSA) is 63.6 Å². The molecule has 0 bridgehead atoms. The lowest BCUT2D eigenvalue weighted by Crippen LogP contribution is -2.18. The molecule has 0 aliphatic rings. The monoisotopic (exact) mass is 248 g/mol. The predicted octanol–water partition coefficient (Wildman–Crippen LogP) is 1.11. The maximum atomic E-state index is 13.3. The second-order valence-electron chi connectivity index (χ2n) is 3.08. The van der Waals surface area contributed by atoms with Gasteiger partial charge in [-0.15, -0.1) is 0 Å². The van der Waals surface area contributed by atoms with Gasteiger partial charge in [0.2, 0.25) is 0 Å². The molecule has 5 nitrogen and oxygen atoms in total. The van der Waals surface area contributed by atoms with Gasteiger partial charge < -0.3 is 0 Å². The minimum atomic E-state index is -4.63. The maximum absolute atomic E-state index is 13.3. The number of hydrogen-bond acceptors (Lipinski definition) is 3. The van der Waals surface area contributed by atoms with E-state index in [9.17, 15) is 22.4 Å². The van der Waals surface area contributed by atoms with Crippen molar-refractivity contribution in [3.05, 3.63) is 40.1 Å². The number of H-pyrrole nitrogens is 1. The molecule has 1 N–H and O–H groups in total. The fourth-order valence-electron chi connectivity index (χ4n) is 1.21. The zero-order valence-corrected chi connectivity index (χ0v) is 7.99. The summed E-state index contributed by atoms with van der Waals surface area (Å²) in [6, 6.07) is 1.67. The van der Waals surface area contributed by atoms with Gasteiger partial charge in [-0.2, -0.15) is 17.9 Å². The molecule has 0 amide bonds. The lowest BCUT2D eigenvalue weighted by Gasteiger charge is -2.08. The van der Waals surface area contributed by atoms with E-state index in [1.165, 1.54) is 0 Å². The smallest absolute Gasteiger partial charge is 0.244 e. The number of tetrazole rings is 1. The summed E-state index contributed by atoms with van der Waals surface area (Å²) in [5.74, 6) is -1.01. The van der Waals surface area contributed by atoms with Crippen LogP contribution in [0.2, 0.25) is 0 Å². The van der Waals surface area contributed by atoms with E-state index >= 15 is 0 Å². The molecule has 17 heavy (non-hydrogen) atoms. The molecule has 0 saturated heterocycles. The zero-order valence-electron chi connectivity index (χ0n) is 7.99. The highest BCUT2D eigenvalue weighted by Crippen LogP contribution is 2.30. The largest absolute Gasteiger partial charge is 0.416 e. The van der Waals surface area contributed by atoms with Crippen LogP contribution in [0.3, 0.4) is 0 Å². The average Bonchev–Trinajstić information content (AvgIpc) is 2.63. The lowest BCUT2D eigenvalue weighted by molar-refractivity contribution is -0.137. The Morgan fingerprint density at radius 2 is 2.00 bits per heavy atom. The molecule has 90 valence electrons. The van der Waals surface area contributed by atoms with Crippen LogP contribution in [0, 0.1) is 5.82 Å². The highest BCUT2D eigenvalue weighted by Gasteiger charge is 2.31. The van der Waals surface area contributed by atoms with Gasteiger partial charge in [0.15, 0.2) is 0 Å². The zero-order chi connectivity index (χ0) is 12.6. The first kappa shape index (κ1) is 11.3. The number of alkyl halides is 3. The van der Waals surface area contributed by atoms with Crippen LogP contribution < -0.4 is 5.69 Å². The van der Waals surface area contributed by atoms with E-state index < -0.39 is 28.9 Å². The van der Waals surface area contributed by atoms with Gasteiger partial charge in [-0.3, -0.25) is 0 Å². The standard InChI is InChI=1S/C8H4F4N4O/c9-5-2-1-4(8(10,11)12)3-6(5)16-7(17)13-14-15-16/h1-3H,(H,13,15,17). The second-order valence-corrected chi connectivity index (χ2v) is 3.08. The molecule has 2 rings (SSSR count). The number of aromatic amines is 1. The lowest BCUT2D eigenvalue weighted by atomic mass is 10.2. The SMILES string of the molecule is O=c1[nH]nnn1-c1cc(C(F)(F)F)ccc1F. The summed E-state index contributed by atoms with van der Waals surface area (Å²) >= 11 is 0. The summed E-state index contributed by atoms with van der Waals surface area (Å²) in [6.07, 6.45) is -4.63. The molecule has 9 heteroatoms. The van der Waals surface area contributed by atoms with Crippen LogP contribution in [-0.4, -0.2) is 20.2 Å². The molecule has 0 fully saturated rings. The molecule has 0 saturated carbocycles. The first-order valence-electron chi connectivity index (χ1n) is 4.27. The Morgan fingerprint density at radius 1 is 1.29 bits per heavy atom. The van der Waals surface area contributed by atoms with Gasteiger partial charge in [0.05, 0.1) is 5.56 Å². The molecule has 1 aromatic heterocycles. The van der Waals surface area contributed by atoms with Crippen LogP contribution in [0.15, 0.2) is 23.0 Å². The summed E-state index contributed by atoms with van der Waals surface area (Å²) < 4.78 is 50.9. The minimum absolute atomic E-state index is 0.407. The van der Waals surface area contributed by atoms with E-state index in [0.717, 1.165) is 0 Å². The molecule has 2 aromatic rings. The van der Waals surface area contributed by atoms with Crippen molar-refractivity contribution in [2.24, 2.45) is 0 Å². The van der Waals surface area contributed by atoms with Crippen molar-refractivity contribution >= 4 is 0 Å². The number of nitrogens with zero attached hydrogens (tertiary/aromatic N) is 3. The molecule has 1 aromatic carbocycles. The van der Waals surface area contributed by atoms with Crippen LogP contribution in [0.4, 0.5) is 17.6 Å². The fourth-order valence-corrected chi connectivity index (χ4v) is 1.21. The second kappa shape index (κ2) is 3.68. The molecule has 0 aliphatic carbocycles. The maximum Gasteiger partial charge on any atom is 0.416 e. The van der Waals surface area contributed by atoms with Gasteiger partial charge in [-0.25, -0.2) is 14.3 Å². The first-order chi connectivity index (χ1) is 7.89. The third kappa shape index (κ3) is 2.03. The Labute approximate surface area is 90.7 Å². The number of hydrogen-bond donors (Lipinski definition) is 1. The molecule has 0 radical (unpaired) electrons. The normalized spacial score (nSPS) is 11.8. The third-order valence-corrected chi connectivity index (χ3v) is 1.97. The Balaban J connectivity index is 2.63. The Morgan fingerprint density at radius 3 is 2.53 bits per heavy atom. The molecule has 0 unspecified atom stereocenters. The summed E-state index contributed by atoms with van der Waals surface area (Å²) in [4.78, 5) is 11.1. The highest BCUT2D eigenvalue weighted by molar-refractivity contribution is 5.37. The predicted molar refractivity (Wildman–Crippen MR) is 46.9 cm³/mol. The molecule has 0 aliphatic heterocycles. The summed E-state index contributed by atoms with van der Waals surface area (Å²) in [5.41, 5.74) is -2.62. The number of rotatable bonds is 1. The highest BCUT2D eigenvalue weighted by atomic mass is 19.4. The summed E-state index contributed by atoms with van der Waals surface area (Å²) in [5, 5.41) is 8.07. The van der Waals surface area contributed by atoms with E-state index in [1.54, 1.807) is 0 Å². The van der Waals surface area contributed by atoms with Crippen LogP contribution in [0.5, 0.6) is 0 Å². The van der Waals surface area contributed by atoms with Crippen molar-refractivity contribution in [2.75, 3.05) is 0 Å². The van der Waals surface area contributed by atoms with Gasteiger partial charge >= 0.3 is 11.9 Å². The van der Waals surface area contributed by atoms with Crippen molar-refractivity contribution < 1.29 is 17.6 Å². The van der Waals surface area contributed by atoms with E-state index in [2.05, 4.69) is 10.4 Å². The number of halogens is 4. The Bertz CT molecular complexity index is 600. The van der Waals surface area contributed by atoms with Crippen molar-refractivity contribution in [1.82, 2.24) is 20.2 Å². The average molecular weight is 248 g/mol. The number of nitrogens with one attached hydrogen (secondary N) is 1. The van der Waals surface area contributed by atoms with Crippen molar-refractivity contribution in [3.63, 3.8) is 0 Å². The molecule has 0 spiro atoms. The molecule has 1 heterocycles. The van der Waals surface area contributed by atoms with E-state index in [4.69, 9.17) is 0 Å². The number of aromatic nitrogens is 4. The molecular formula is C8H4F4N4O. The number of benzene rings is 1. The van der Waals surface area contributed by atoms with Crippen LogP contribution in [-0.2, 0) is 6.18 Å². The fraction of sp³-hybridized carbons (Fsp3) is 0.125. The Kier molecular flexibility index (Phi) is 2.45. The quantitative estimate of drug-likeness (QED) is 0.769. The third-order valence-electron chi connectivity index (χ3n) is 1.97. The van der Waals surface area contributed by atoms with E-state index in [1.807, 2.05) is 5.10 Å². The van der Waals surface area contributed by atoms with Gasteiger partial charge in [0.1, 0.15) is 11.5 Å². The van der Waals surface area contributed by atoms with Crippen LogP contribution >= 0.6 is 0 Å². The van der Waals surface area contributed by atoms with Gasteiger partial charge in [0.25, 0.3) is 0 Å². The van der Waals surface area contributed by atoms with Crippen molar-refractivity contribution in [1.29, 1.82) is 0 Å². The molecule has 0 atom stereocenters. The first-order valence-corrected chi connectivity index (χ1v) is 4.27. The Hall–Kier alpha value is -2.19. The van der Waals surface area contributed by atoms with Crippen molar-refractivity contribution in [2.45, 2.75) is 6.18 Å². The van der Waals surface area contributed by atoms with Crippen LogP contribution in [0.25, 0.3) is 5.69 Å². The van der Waals surface area contributed by atoms with Crippen molar-refractivity contribution in [3.8, 4) is 5.69 Å².